The Kier molecular flexibility index (Phi) is 5.09. The van der Waals surface area contributed by atoms with E-state index in [1.165, 1.54) is 5.39 Å². The molecule has 0 bridgehead atoms. The summed E-state index contributed by atoms with van der Waals surface area (Å²) < 4.78 is 9.08. The molecule has 26 heavy (non-hydrogen) atoms. The van der Waals surface area contributed by atoms with Gasteiger partial charge in [0.25, 0.3) is 0 Å². The second-order valence-corrected chi connectivity index (χ2v) is 7.49. The number of nitrogens with zero attached hydrogens (tertiary/aromatic N) is 2. The lowest BCUT2D eigenvalue weighted by Gasteiger charge is -2.33. The number of morpholine rings is 1. The molecule has 1 atom stereocenters. The fourth-order valence-electron chi connectivity index (χ4n) is 3.49. The molecule has 4 rings (SSSR count). The number of hydrogen-bond donors (Lipinski definition) is 0. The van der Waals surface area contributed by atoms with Gasteiger partial charge in [-0.25, -0.2) is 0 Å². The Bertz CT molecular complexity index is 907. The summed E-state index contributed by atoms with van der Waals surface area (Å²) >= 11 is 3.50. The van der Waals surface area contributed by atoms with Crippen molar-refractivity contribution in [2.75, 3.05) is 19.7 Å². The number of fused-ring (bicyclic) bond motifs is 1. The van der Waals surface area contributed by atoms with Gasteiger partial charge >= 0.3 is 0 Å². The van der Waals surface area contributed by atoms with Crippen LogP contribution in [0.4, 0.5) is 0 Å². The Morgan fingerprint density at radius 1 is 1.15 bits per heavy atom. The lowest BCUT2D eigenvalue weighted by Crippen LogP contribution is -2.42. The van der Waals surface area contributed by atoms with Gasteiger partial charge < -0.3 is 14.2 Å². The van der Waals surface area contributed by atoms with Crippen molar-refractivity contribution < 1.29 is 9.53 Å². The van der Waals surface area contributed by atoms with Crippen LogP contribution in [-0.4, -0.2) is 35.1 Å². The molecule has 1 aliphatic heterocycles. The maximum absolute atomic E-state index is 12.7. The summed E-state index contributed by atoms with van der Waals surface area (Å²) in [6.45, 7) is 2.58. The van der Waals surface area contributed by atoms with Crippen molar-refractivity contribution in [3.8, 4) is 0 Å². The van der Waals surface area contributed by atoms with Crippen molar-refractivity contribution in [3.05, 3.63) is 70.8 Å². The van der Waals surface area contributed by atoms with Gasteiger partial charge in [0.05, 0.1) is 13.2 Å². The van der Waals surface area contributed by atoms with Crippen molar-refractivity contribution in [1.82, 2.24) is 9.47 Å². The summed E-state index contributed by atoms with van der Waals surface area (Å²) in [5.41, 5.74) is 2.29. The SMILES string of the molecule is O=C(CCn1ccc2cc(Br)ccc21)N1CCO[C@H](c2ccccc2)C1. The van der Waals surface area contributed by atoms with Gasteiger partial charge in [0.2, 0.25) is 5.91 Å². The topological polar surface area (TPSA) is 34.5 Å². The number of rotatable bonds is 4. The van der Waals surface area contributed by atoms with Crippen molar-refractivity contribution in [3.63, 3.8) is 0 Å². The Labute approximate surface area is 161 Å². The molecule has 0 radical (unpaired) electrons. The summed E-state index contributed by atoms with van der Waals surface area (Å²) in [4.78, 5) is 14.6. The van der Waals surface area contributed by atoms with Crippen LogP contribution in [0.1, 0.15) is 18.1 Å². The van der Waals surface area contributed by atoms with Gasteiger partial charge in [0.1, 0.15) is 6.10 Å². The monoisotopic (exact) mass is 412 g/mol. The highest BCUT2D eigenvalue weighted by atomic mass is 79.9. The number of halogens is 1. The molecule has 1 aromatic heterocycles. The molecule has 0 spiro atoms. The predicted octanol–water partition coefficient (Wildman–Crippen LogP) is 4.39. The average molecular weight is 413 g/mol. The van der Waals surface area contributed by atoms with Gasteiger partial charge in [-0.3, -0.25) is 4.79 Å². The van der Waals surface area contributed by atoms with Crippen LogP contribution in [-0.2, 0) is 16.1 Å². The van der Waals surface area contributed by atoms with E-state index >= 15 is 0 Å². The Morgan fingerprint density at radius 3 is 2.85 bits per heavy atom. The molecule has 1 saturated heterocycles. The van der Waals surface area contributed by atoms with Crippen LogP contribution >= 0.6 is 15.9 Å². The molecule has 5 heteroatoms. The zero-order valence-electron chi connectivity index (χ0n) is 14.5. The number of aryl methyl sites for hydroxylation is 1. The third-order valence-corrected chi connectivity index (χ3v) is 5.38. The Hall–Kier alpha value is -2.11. The van der Waals surface area contributed by atoms with Crippen LogP contribution in [0, 0.1) is 0 Å². The van der Waals surface area contributed by atoms with E-state index in [0.29, 0.717) is 32.7 Å². The van der Waals surface area contributed by atoms with Gasteiger partial charge in [0, 0.05) is 41.1 Å². The number of benzene rings is 2. The zero-order chi connectivity index (χ0) is 17.9. The van der Waals surface area contributed by atoms with Crippen molar-refractivity contribution >= 4 is 32.7 Å². The van der Waals surface area contributed by atoms with Gasteiger partial charge in [-0.05, 0) is 29.8 Å². The van der Waals surface area contributed by atoms with Crippen LogP contribution in [0.3, 0.4) is 0 Å². The minimum absolute atomic E-state index is 0.0290. The maximum atomic E-state index is 12.7. The Balaban J connectivity index is 1.39. The summed E-state index contributed by atoms with van der Waals surface area (Å²) in [6, 6.07) is 18.4. The molecule has 134 valence electrons. The van der Waals surface area contributed by atoms with Crippen molar-refractivity contribution in [2.45, 2.75) is 19.1 Å². The van der Waals surface area contributed by atoms with E-state index in [9.17, 15) is 4.79 Å². The van der Waals surface area contributed by atoms with Crippen LogP contribution in [0.25, 0.3) is 10.9 Å². The number of hydrogen-bond acceptors (Lipinski definition) is 2. The molecule has 2 aromatic carbocycles. The molecule has 1 aliphatic rings. The van der Waals surface area contributed by atoms with E-state index in [0.717, 1.165) is 15.6 Å². The highest BCUT2D eigenvalue weighted by Gasteiger charge is 2.25. The van der Waals surface area contributed by atoms with Crippen LogP contribution < -0.4 is 0 Å². The van der Waals surface area contributed by atoms with Gasteiger partial charge in [-0.1, -0.05) is 46.3 Å². The quantitative estimate of drug-likeness (QED) is 0.636. The fourth-order valence-corrected chi connectivity index (χ4v) is 3.86. The second kappa shape index (κ2) is 7.64. The molecule has 0 saturated carbocycles. The average Bonchev–Trinajstić information content (AvgIpc) is 3.09. The van der Waals surface area contributed by atoms with Crippen LogP contribution in [0.15, 0.2) is 65.3 Å². The largest absolute Gasteiger partial charge is 0.370 e. The lowest BCUT2D eigenvalue weighted by atomic mass is 10.1. The molecular formula is C21H21BrN2O2. The maximum Gasteiger partial charge on any atom is 0.224 e. The van der Waals surface area contributed by atoms with Crippen molar-refractivity contribution in [2.24, 2.45) is 0 Å². The van der Waals surface area contributed by atoms with Gasteiger partial charge in [-0.15, -0.1) is 0 Å². The fraction of sp³-hybridized carbons (Fsp3) is 0.286. The molecule has 2 heterocycles. The van der Waals surface area contributed by atoms with Gasteiger partial charge in [0.15, 0.2) is 0 Å². The molecule has 1 amide bonds. The van der Waals surface area contributed by atoms with E-state index in [-0.39, 0.29) is 12.0 Å². The molecule has 0 aliphatic carbocycles. The van der Waals surface area contributed by atoms with E-state index in [4.69, 9.17) is 4.74 Å². The van der Waals surface area contributed by atoms with Gasteiger partial charge in [-0.2, -0.15) is 0 Å². The highest BCUT2D eigenvalue weighted by molar-refractivity contribution is 9.10. The van der Waals surface area contributed by atoms with Crippen LogP contribution in [0.2, 0.25) is 0 Å². The Morgan fingerprint density at radius 2 is 2.00 bits per heavy atom. The number of ether oxygens (including phenoxy) is 1. The predicted molar refractivity (Wildman–Crippen MR) is 106 cm³/mol. The number of amides is 1. The third-order valence-electron chi connectivity index (χ3n) is 4.89. The summed E-state index contributed by atoms with van der Waals surface area (Å²) in [5.74, 6) is 0.188. The summed E-state index contributed by atoms with van der Waals surface area (Å²) in [6.07, 6.45) is 2.52. The third kappa shape index (κ3) is 3.69. The van der Waals surface area contributed by atoms with E-state index in [1.807, 2.05) is 29.2 Å². The second-order valence-electron chi connectivity index (χ2n) is 6.57. The van der Waals surface area contributed by atoms with E-state index in [1.54, 1.807) is 0 Å². The lowest BCUT2D eigenvalue weighted by molar-refractivity contribution is -0.139. The molecule has 3 aromatic rings. The zero-order valence-corrected chi connectivity index (χ0v) is 16.1. The summed E-state index contributed by atoms with van der Waals surface area (Å²) in [5, 5.41) is 1.18. The van der Waals surface area contributed by atoms with E-state index < -0.39 is 0 Å². The van der Waals surface area contributed by atoms with Crippen LogP contribution in [0.5, 0.6) is 0 Å². The number of aromatic nitrogens is 1. The standard InChI is InChI=1S/C21H21BrN2O2/c22-18-6-7-19-17(14-18)8-10-23(19)11-9-21(25)24-12-13-26-20(15-24)16-4-2-1-3-5-16/h1-8,10,14,20H,9,11-13,15H2/t20-/m0/s1. The molecule has 0 N–H and O–H groups in total. The minimum Gasteiger partial charge on any atom is -0.370 e. The number of carbonyl (C=O) groups excluding carboxylic acids is 1. The summed E-state index contributed by atoms with van der Waals surface area (Å²) in [7, 11) is 0. The first-order valence-electron chi connectivity index (χ1n) is 8.89. The molecule has 0 unspecified atom stereocenters. The molecule has 1 fully saturated rings. The molecule has 4 nitrogen and oxygen atoms in total. The van der Waals surface area contributed by atoms with Crippen molar-refractivity contribution in [1.29, 1.82) is 0 Å². The van der Waals surface area contributed by atoms with E-state index in [2.05, 4.69) is 57.0 Å². The highest BCUT2D eigenvalue weighted by Crippen LogP contribution is 2.23. The first-order chi connectivity index (χ1) is 12.7. The first kappa shape index (κ1) is 17.3. The number of carbonyl (C=O) groups is 1. The molecular weight excluding hydrogens is 392 g/mol. The minimum atomic E-state index is -0.0290. The normalized spacial score (nSPS) is 17.6. The first-order valence-corrected chi connectivity index (χ1v) is 9.69. The smallest absolute Gasteiger partial charge is 0.224 e.